The van der Waals surface area contributed by atoms with Crippen LogP contribution in [0.5, 0.6) is 0 Å². The molecule has 5 aromatic rings. The molecule has 0 unspecified atom stereocenters. The molecular weight excluding hydrogens is 624 g/mol. The quantitative estimate of drug-likeness (QED) is 0.119. The average Bonchev–Trinajstić information content (AvgIpc) is 3.83. The Labute approximate surface area is 284 Å². The van der Waals surface area contributed by atoms with Crippen LogP contribution in [0, 0.1) is 62.9 Å². The van der Waals surface area contributed by atoms with Gasteiger partial charge in [0.05, 0.1) is 0 Å². The van der Waals surface area contributed by atoms with E-state index in [2.05, 4.69) is 171 Å². The summed E-state index contributed by atoms with van der Waals surface area (Å²) in [5, 5.41) is 8.21. The summed E-state index contributed by atoms with van der Waals surface area (Å²) in [5.74, 6) is 1.42. The minimum Gasteiger partial charge on any atom is -0.274 e. The molecule has 222 valence electrons. The van der Waals surface area contributed by atoms with E-state index in [0.29, 0.717) is 0 Å². The minimum absolute atomic E-state index is 0. The first-order chi connectivity index (χ1) is 21.7. The number of nitrogens with zero attached hydrogens (tertiary/aromatic N) is 1. The van der Waals surface area contributed by atoms with Crippen LogP contribution in [-0.2, 0) is 17.1 Å². The molecule has 0 aliphatic heterocycles. The summed E-state index contributed by atoms with van der Waals surface area (Å²) in [6.45, 7) is 2.38. The Morgan fingerprint density at radius 1 is 0.511 bits per heavy atom. The van der Waals surface area contributed by atoms with Crippen molar-refractivity contribution in [3.63, 3.8) is 0 Å². The summed E-state index contributed by atoms with van der Waals surface area (Å²) in [7, 11) is 0.883. The van der Waals surface area contributed by atoms with Crippen molar-refractivity contribution in [1.82, 2.24) is 4.67 Å². The fraction of sp³-hybridized carbons (Fsp3) is 0.0732. The smallest absolute Gasteiger partial charge is 0.274 e. The molecule has 7 rings (SSSR count). The molecule has 4 heteroatoms. The van der Waals surface area contributed by atoms with E-state index in [1.807, 2.05) is 32.1 Å². The van der Waals surface area contributed by atoms with Crippen LogP contribution >= 0.6 is 16.0 Å². The van der Waals surface area contributed by atoms with E-state index < -0.39 is 16.0 Å². The fourth-order valence-corrected chi connectivity index (χ4v) is 10.8. The summed E-state index contributed by atoms with van der Waals surface area (Å²) in [4.78, 5) is 0. The normalized spacial score (nSPS) is 16.7. The fourth-order valence-electron chi connectivity index (χ4n) is 5.72. The standard InChI is InChI=1S/C36H32NP2.C5H5.Fe/c1-28(37(2)39(31-20-8-4-9-21-31)32-22-10-5-11-23-32)33-25-15-27-35(33)38(30-18-6-3-7-19-30)36-26-14-17-29-16-12-13-24-34(29)36;1-2-4-5-3-1;/h3-28H,1-2H3;1-5H;/q;;+2/t28-,38-;;/m0../s1. The molecule has 0 N–H and O–H groups in total. The van der Waals surface area contributed by atoms with E-state index in [0.717, 1.165) is 0 Å². The second-order valence-corrected chi connectivity index (χ2v) is 15.2. The molecule has 2 fully saturated rings. The van der Waals surface area contributed by atoms with Crippen LogP contribution in [0.25, 0.3) is 10.8 Å². The molecule has 45 heavy (non-hydrogen) atoms. The summed E-state index contributed by atoms with van der Waals surface area (Å²) in [6.07, 6.45) is 17.0. The molecule has 10 radical (unpaired) electrons. The Bertz CT molecular complexity index is 1520. The van der Waals surface area contributed by atoms with Gasteiger partial charge in [0.25, 0.3) is 0 Å². The molecule has 0 bridgehead atoms. The van der Waals surface area contributed by atoms with Gasteiger partial charge in [0.1, 0.15) is 0 Å². The van der Waals surface area contributed by atoms with Gasteiger partial charge < -0.3 is 0 Å². The monoisotopic (exact) mass is 661 g/mol. The van der Waals surface area contributed by atoms with Gasteiger partial charge in [0, 0.05) is 25.7 Å². The maximum absolute atomic E-state index is 2.60. The number of fused-ring (bicyclic) bond motifs is 1. The van der Waals surface area contributed by atoms with Crippen LogP contribution in [0.3, 0.4) is 0 Å². The van der Waals surface area contributed by atoms with E-state index in [1.165, 1.54) is 43.6 Å². The van der Waals surface area contributed by atoms with Crippen molar-refractivity contribution in [2.45, 2.75) is 13.0 Å². The van der Waals surface area contributed by atoms with Crippen LogP contribution < -0.4 is 21.2 Å². The maximum Gasteiger partial charge on any atom is 2.00 e. The van der Waals surface area contributed by atoms with Crippen molar-refractivity contribution in [3.8, 4) is 0 Å². The summed E-state index contributed by atoms with van der Waals surface area (Å²) in [5.41, 5.74) is 1.45. The SMILES string of the molecule is C[C@@H]([C]1[CH][CH][CH][C]1[P@](c1ccccc1)c1cccc2ccccc12)N(C)P(c1ccccc1)c1ccccc1.[CH]1[CH][CH][CH][CH]1.[Fe+2]. The van der Waals surface area contributed by atoms with Crippen LogP contribution in [0.15, 0.2) is 133 Å². The molecule has 2 aliphatic rings. The van der Waals surface area contributed by atoms with Gasteiger partial charge in [-0.25, -0.2) is 0 Å². The van der Waals surface area contributed by atoms with Crippen molar-refractivity contribution >= 4 is 48.0 Å². The Balaban J connectivity index is 0.000000609. The van der Waals surface area contributed by atoms with Crippen LogP contribution in [0.2, 0.25) is 0 Å². The first-order valence-electron chi connectivity index (χ1n) is 15.1. The third-order valence-corrected chi connectivity index (χ3v) is 13.1. The zero-order valence-corrected chi connectivity index (χ0v) is 28.5. The predicted molar refractivity (Wildman–Crippen MR) is 194 cm³/mol. The van der Waals surface area contributed by atoms with Crippen molar-refractivity contribution in [3.05, 3.63) is 196 Å². The molecule has 2 atom stereocenters. The molecule has 0 heterocycles. The summed E-state index contributed by atoms with van der Waals surface area (Å²) in [6, 6.07) is 48.9. The largest absolute Gasteiger partial charge is 2.00 e. The zero-order chi connectivity index (χ0) is 30.1. The zero-order valence-electron chi connectivity index (χ0n) is 25.6. The average molecular weight is 662 g/mol. The van der Waals surface area contributed by atoms with Gasteiger partial charge in [-0.2, -0.15) is 0 Å². The molecular formula is C41H37FeNP2+2. The molecule has 5 aromatic carbocycles. The topological polar surface area (TPSA) is 3.24 Å². The Kier molecular flexibility index (Phi) is 12.9. The predicted octanol–water partition coefficient (Wildman–Crippen LogP) is 8.39. The molecule has 2 saturated carbocycles. The van der Waals surface area contributed by atoms with E-state index >= 15 is 0 Å². The van der Waals surface area contributed by atoms with E-state index in [-0.39, 0.29) is 23.1 Å². The van der Waals surface area contributed by atoms with Gasteiger partial charge >= 0.3 is 17.1 Å². The number of rotatable bonds is 8. The number of benzene rings is 5. The molecule has 0 saturated heterocycles. The second kappa shape index (κ2) is 17.0. The van der Waals surface area contributed by atoms with Gasteiger partial charge in [0.15, 0.2) is 0 Å². The molecule has 2 aliphatic carbocycles. The minimum atomic E-state index is -0.734. The maximum atomic E-state index is 2.60. The summed E-state index contributed by atoms with van der Waals surface area (Å²) < 4.78 is 2.60. The van der Waals surface area contributed by atoms with Crippen LogP contribution in [0.4, 0.5) is 0 Å². The van der Waals surface area contributed by atoms with Crippen LogP contribution in [-0.4, -0.2) is 17.8 Å². The Morgan fingerprint density at radius 3 is 1.58 bits per heavy atom. The van der Waals surface area contributed by atoms with Gasteiger partial charge in [0.2, 0.25) is 0 Å². The third kappa shape index (κ3) is 8.17. The Hall–Kier alpha value is -2.30. The Morgan fingerprint density at radius 2 is 1.00 bits per heavy atom. The van der Waals surface area contributed by atoms with E-state index in [4.69, 9.17) is 0 Å². The van der Waals surface area contributed by atoms with Crippen molar-refractivity contribution < 1.29 is 17.1 Å². The first kappa shape index (κ1) is 34.0. The van der Waals surface area contributed by atoms with Gasteiger partial charge in [-0.1, -0.05) is 133 Å². The molecule has 0 spiro atoms. The van der Waals surface area contributed by atoms with Gasteiger partial charge in [-0.3, -0.25) is 4.67 Å². The van der Waals surface area contributed by atoms with Crippen LogP contribution in [0.1, 0.15) is 6.92 Å². The summed E-state index contributed by atoms with van der Waals surface area (Å²) >= 11 is 0. The third-order valence-electron chi connectivity index (χ3n) is 7.97. The van der Waals surface area contributed by atoms with Gasteiger partial charge in [-0.05, 0) is 105 Å². The van der Waals surface area contributed by atoms with Gasteiger partial charge in [-0.15, -0.1) is 0 Å². The molecule has 0 amide bonds. The van der Waals surface area contributed by atoms with Crippen molar-refractivity contribution in [1.29, 1.82) is 0 Å². The molecule has 0 aromatic heterocycles. The number of hydrogen-bond donors (Lipinski definition) is 0. The van der Waals surface area contributed by atoms with E-state index in [1.54, 1.807) is 0 Å². The van der Waals surface area contributed by atoms with E-state index in [9.17, 15) is 0 Å². The van der Waals surface area contributed by atoms with Crippen molar-refractivity contribution in [2.24, 2.45) is 0 Å². The molecule has 1 nitrogen and oxygen atoms in total. The first-order valence-corrected chi connectivity index (χ1v) is 17.7. The van der Waals surface area contributed by atoms with Crippen molar-refractivity contribution in [2.75, 3.05) is 7.05 Å². The second-order valence-electron chi connectivity index (χ2n) is 10.7. The number of hydrogen-bond acceptors (Lipinski definition) is 1.